The number of hydrogen-bond acceptors (Lipinski definition) is 18. The number of rotatable bonds is 45. The van der Waals surface area contributed by atoms with Gasteiger partial charge < -0.3 is 73.5 Å². The molecule has 0 aromatic rings. The summed E-state index contributed by atoms with van der Waals surface area (Å²) in [5.41, 5.74) is 0. The summed E-state index contributed by atoms with van der Waals surface area (Å²) in [7, 11) is 0. The highest BCUT2D eigenvalue weighted by Crippen LogP contribution is 2.33. The molecular formula is C43H75N5O17S. The summed E-state index contributed by atoms with van der Waals surface area (Å²) >= 11 is 1.90. The van der Waals surface area contributed by atoms with Gasteiger partial charge in [-0.2, -0.15) is 11.8 Å². The maximum atomic E-state index is 12.1. The lowest BCUT2D eigenvalue weighted by Crippen LogP contribution is -2.36. The Hall–Kier alpha value is -3.23. The number of urea groups is 1. The van der Waals surface area contributed by atoms with Gasteiger partial charge in [-0.25, -0.2) is 9.59 Å². The van der Waals surface area contributed by atoms with Crippen LogP contribution in [0.2, 0.25) is 0 Å². The monoisotopic (exact) mass is 965 g/mol. The molecule has 23 heteroatoms. The van der Waals surface area contributed by atoms with Crippen LogP contribution in [0, 0.1) is 0 Å². The third kappa shape index (κ3) is 28.8. The number of carbonyl (C=O) groups is 6. The van der Waals surface area contributed by atoms with Crippen molar-refractivity contribution in [3.8, 4) is 0 Å². The highest BCUT2D eigenvalue weighted by atomic mass is 32.2. The van der Waals surface area contributed by atoms with Gasteiger partial charge in [-0.1, -0.05) is 12.8 Å². The average Bonchev–Trinajstić information content (AvgIpc) is 3.97. The molecule has 0 spiro atoms. The van der Waals surface area contributed by atoms with Gasteiger partial charge in [-0.05, 0) is 25.7 Å². The first-order valence-electron chi connectivity index (χ1n) is 23.4. The van der Waals surface area contributed by atoms with Gasteiger partial charge >= 0.3 is 12.0 Å². The van der Waals surface area contributed by atoms with Gasteiger partial charge in [0.2, 0.25) is 11.8 Å². The Bertz CT molecular complexity index is 1340. The second-order valence-electron chi connectivity index (χ2n) is 15.3. The minimum absolute atomic E-state index is 0.00261. The lowest BCUT2D eigenvalue weighted by molar-refractivity contribution is -0.198. The van der Waals surface area contributed by atoms with Crippen molar-refractivity contribution in [1.82, 2.24) is 26.3 Å². The Balaban J connectivity index is 0.896. The number of hydrogen-bond donors (Lipinski definition) is 4. The first kappa shape index (κ1) is 57.1. The van der Waals surface area contributed by atoms with Crippen LogP contribution in [-0.4, -0.2) is 209 Å². The second kappa shape index (κ2) is 38.7. The number of hydroxylamine groups is 2. The standard InChI is InChI=1S/C43H75N5O17S/c49-37(8-4-3-6-36-42-35(34-66-36)46-43(54)47-42)44-12-5-1-2-7-38(50)45-13-15-56-17-19-58-21-23-60-25-27-62-29-31-64-33-32-63-30-28-61-26-24-59-22-20-57-18-16-55-14-11-41(53)65-48-39(51)9-10-40(48)52/h35-36,42H,1-34H2,(H,44,49)(H,45,50)(H2,46,47,54)/t35-,36-,42-/m0/s1. The summed E-state index contributed by atoms with van der Waals surface area (Å²) in [5.74, 6) is -0.717. The highest BCUT2D eigenvalue weighted by Gasteiger charge is 2.42. The van der Waals surface area contributed by atoms with Crippen molar-refractivity contribution in [2.45, 2.75) is 88.0 Å². The lowest BCUT2D eigenvalue weighted by atomic mass is 10.0. The van der Waals surface area contributed by atoms with E-state index in [1.165, 1.54) is 0 Å². The Morgan fingerprint density at radius 1 is 0.500 bits per heavy atom. The van der Waals surface area contributed by atoms with E-state index in [0.717, 1.165) is 44.3 Å². The topological polar surface area (TPSA) is 255 Å². The zero-order chi connectivity index (χ0) is 47.1. The van der Waals surface area contributed by atoms with E-state index >= 15 is 0 Å². The quantitative estimate of drug-likeness (QED) is 0.0372. The molecule has 0 unspecified atom stereocenters. The number of fused-ring (bicyclic) bond motifs is 1. The van der Waals surface area contributed by atoms with Crippen LogP contribution in [0.3, 0.4) is 0 Å². The lowest BCUT2D eigenvalue weighted by Gasteiger charge is -2.16. The van der Waals surface area contributed by atoms with Crippen LogP contribution in [0.1, 0.15) is 70.6 Å². The molecule has 66 heavy (non-hydrogen) atoms. The highest BCUT2D eigenvalue weighted by molar-refractivity contribution is 8.00. The molecular weight excluding hydrogens is 891 g/mol. The van der Waals surface area contributed by atoms with Crippen LogP contribution in [0.5, 0.6) is 0 Å². The average molecular weight is 966 g/mol. The maximum absolute atomic E-state index is 12.1. The summed E-state index contributed by atoms with van der Waals surface area (Å²) in [6.45, 7) is 9.22. The van der Waals surface area contributed by atoms with Crippen LogP contribution in [0.15, 0.2) is 0 Å². The number of ether oxygens (including phenoxy) is 10. The summed E-state index contributed by atoms with van der Waals surface area (Å²) in [5, 5.41) is 12.7. The van der Waals surface area contributed by atoms with Crippen molar-refractivity contribution >= 4 is 47.4 Å². The van der Waals surface area contributed by atoms with Crippen molar-refractivity contribution in [2.75, 3.05) is 151 Å². The molecule has 3 rings (SSSR count). The van der Waals surface area contributed by atoms with Gasteiger partial charge in [0.05, 0.1) is 151 Å². The molecule has 3 atom stereocenters. The Labute approximate surface area is 392 Å². The zero-order valence-corrected chi connectivity index (χ0v) is 39.4. The fourth-order valence-electron chi connectivity index (χ4n) is 6.57. The number of amides is 6. The van der Waals surface area contributed by atoms with E-state index in [-0.39, 0.29) is 62.4 Å². The van der Waals surface area contributed by atoms with E-state index in [4.69, 9.17) is 52.2 Å². The van der Waals surface area contributed by atoms with Crippen LogP contribution in [-0.2, 0) is 76.2 Å². The van der Waals surface area contributed by atoms with Gasteiger partial charge in [0.25, 0.3) is 11.8 Å². The number of imide groups is 1. The predicted octanol–water partition coefficient (Wildman–Crippen LogP) is 0.668. The van der Waals surface area contributed by atoms with Crippen LogP contribution in [0.25, 0.3) is 0 Å². The summed E-state index contributed by atoms with van der Waals surface area (Å²) in [6.07, 6.45) is 6.30. The van der Waals surface area contributed by atoms with E-state index in [2.05, 4.69) is 21.3 Å². The van der Waals surface area contributed by atoms with Gasteiger partial charge in [0.1, 0.15) is 0 Å². The first-order chi connectivity index (χ1) is 32.3. The van der Waals surface area contributed by atoms with E-state index in [0.29, 0.717) is 155 Å². The first-order valence-corrected chi connectivity index (χ1v) is 24.4. The fraction of sp³-hybridized carbons (Fsp3) is 0.860. The molecule has 3 saturated heterocycles. The minimum atomic E-state index is -0.705. The van der Waals surface area contributed by atoms with Crippen LogP contribution < -0.4 is 21.3 Å². The summed E-state index contributed by atoms with van der Waals surface area (Å²) < 4.78 is 54.5. The molecule has 0 bridgehead atoms. The van der Waals surface area contributed by atoms with E-state index < -0.39 is 17.8 Å². The largest absolute Gasteiger partial charge is 0.378 e. The normalized spacial score (nSPS) is 17.8. The van der Waals surface area contributed by atoms with E-state index in [1.54, 1.807) is 0 Å². The number of unbranched alkanes of at least 4 members (excludes halogenated alkanes) is 3. The molecule has 380 valence electrons. The molecule has 0 aromatic carbocycles. The van der Waals surface area contributed by atoms with Crippen molar-refractivity contribution in [1.29, 1.82) is 0 Å². The smallest absolute Gasteiger partial charge is 0.335 e. The maximum Gasteiger partial charge on any atom is 0.335 e. The second-order valence-corrected chi connectivity index (χ2v) is 16.6. The predicted molar refractivity (Wildman–Crippen MR) is 238 cm³/mol. The Morgan fingerprint density at radius 3 is 1.41 bits per heavy atom. The third-order valence-corrected chi connectivity index (χ3v) is 11.6. The third-order valence-electron chi connectivity index (χ3n) is 10.0. The molecule has 3 aliphatic rings. The Kier molecular flexibility index (Phi) is 33.5. The number of nitrogens with one attached hydrogen (secondary N) is 4. The van der Waals surface area contributed by atoms with Crippen LogP contribution >= 0.6 is 11.8 Å². The van der Waals surface area contributed by atoms with Gasteiger partial charge in [-0.3, -0.25) is 19.2 Å². The van der Waals surface area contributed by atoms with Gasteiger partial charge in [0.15, 0.2) is 0 Å². The molecule has 0 aromatic heterocycles. The van der Waals surface area contributed by atoms with Gasteiger partial charge in [-0.15, -0.1) is 5.06 Å². The number of carbonyl (C=O) groups excluding carboxylic acids is 6. The molecule has 4 N–H and O–H groups in total. The molecule has 3 fully saturated rings. The fourth-order valence-corrected chi connectivity index (χ4v) is 8.11. The summed E-state index contributed by atoms with van der Waals surface area (Å²) in [4.78, 5) is 75.0. The van der Waals surface area contributed by atoms with Gasteiger partial charge in [0, 0.05) is 49.8 Å². The molecule has 0 saturated carbocycles. The van der Waals surface area contributed by atoms with Crippen molar-refractivity contribution in [3.63, 3.8) is 0 Å². The zero-order valence-electron chi connectivity index (χ0n) is 38.6. The van der Waals surface area contributed by atoms with E-state index in [9.17, 15) is 28.8 Å². The molecule has 3 heterocycles. The molecule has 0 radical (unpaired) electrons. The molecule has 6 amide bonds. The minimum Gasteiger partial charge on any atom is -0.378 e. The molecule has 0 aliphatic carbocycles. The molecule has 22 nitrogen and oxygen atoms in total. The van der Waals surface area contributed by atoms with Crippen molar-refractivity contribution in [2.24, 2.45) is 0 Å². The van der Waals surface area contributed by atoms with E-state index in [1.807, 2.05) is 11.8 Å². The SMILES string of the molecule is O=C(CCCC[C@@H]1SC[C@@H]2NC(=O)N[C@@H]21)NCCCCCC(=O)NCCOCCOCCOCCOCCOCCOCCOCCOCCOCCOCCC(=O)ON1C(=O)CCC1=O. The van der Waals surface area contributed by atoms with Crippen LogP contribution in [0.4, 0.5) is 4.79 Å². The molecule has 3 aliphatic heterocycles. The number of nitrogens with zero attached hydrogens (tertiary/aromatic N) is 1. The summed E-state index contributed by atoms with van der Waals surface area (Å²) in [6, 6.07) is 0.381. The van der Waals surface area contributed by atoms with Crippen molar-refractivity contribution < 1.29 is 81.0 Å². The number of thioether (sulfide) groups is 1. The Morgan fingerprint density at radius 2 is 0.924 bits per heavy atom. The van der Waals surface area contributed by atoms with Crippen molar-refractivity contribution in [3.05, 3.63) is 0 Å².